The zero-order valence-corrected chi connectivity index (χ0v) is 31.9. The van der Waals surface area contributed by atoms with Crippen molar-refractivity contribution in [3.63, 3.8) is 0 Å². The molecule has 0 N–H and O–H groups in total. The van der Waals surface area contributed by atoms with Crippen LogP contribution in [0.5, 0.6) is 0 Å². The van der Waals surface area contributed by atoms with Crippen molar-refractivity contribution in [1.29, 1.82) is 0 Å². The van der Waals surface area contributed by atoms with Gasteiger partial charge in [-0.2, -0.15) is 0 Å². The Morgan fingerprint density at radius 2 is 0.842 bits per heavy atom. The molecule has 0 unspecified atom stereocenters. The maximum atomic E-state index is 2.43. The van der Waals surface area contributed by atoms with Crippen LogP contribution in [0.15, 0.2) is 218 Å². The van der Waals surface area contributed by atoms with Gasteiger partial charge in [-0.05, 0) is 82.4 Å². The normalized spacial score (nSPS) is 11.5. The van der Waals surface area contributed by atoms with Crippen LogP contribution in [-0.2, 0) is 0 Å². The molecule has 9 aromatic carbocycles. The lowest BCUT2D eigenvalue weighted by atomic mass is 9.93. The lowest BCUT2D eigenvalue weighted by molar-refractivity contribution is 1.18. The summed E-state index contributed by atoms with van der Waals surface area (Å²) >= 11 is 1.86. The fraction of sp³-hybridized carbons (Fsp3) is 0. The van der Waals surface area contributed by atoms with Crippen LogP contribution in [0.25, 0.3) is 81.0 Å². The van der Waals surface area contributed by atoms with Crippen LogP contribution in [0.3, 0.4) is 0 Å². The van der Waals surface area contributed by atoms with E-state index in [1.54, 1.807) is 0 Å². The Balaban J connectivity index is 1.04. The zero-order valence-electron chi connectivity index (χ0n) is 31.1. The fourth-order valence-electron chi connectivity index (χ4n) is 8.61. The number of hydrogen-bond donors (Lipinski definition) is 0. The van der Waals surface area contributed by atoms with Crippen LogP contribution in [0.4, 0.5) is 17.1 Å². The monoisotopic (exact) mass is 744 g/mol. The first-order chi connectivity index (χ1) is 28.3. The third kappa shape index (κ3) is 5.63. The molecule has 0 bridgehead atoms. The van der Waals surface area contributed by atoms with Gasteiger partial charge in [0.25, 0.3) is 0 Å². The molecule has 0 radical (unpaired) electrons. The first-order valence-corrected chi connectivity index (χ1v) is 20.3. The standard InChI is InChI=1S/C54H36N2S/c1-2-15-37(16-3-1)38-29-33-40(34-30-38)55(52-27-14-23-48-47-22-9-13-28-53(47)57-54(48)52)41-35-31-39(32-36-41)42-17-4-5-18-43(42)44-19-6-10-24-49(44)56-50-25-11-7-20-45(50)46-21-8-12-26-51(46)56/h1-36H. The number of benzene rings is 9. The van der Waals surface area contributed by atoms with Crippen molar-refractivity contribution in [3.05, 3.63) is 218 Å². The van der Waals surface area contributed by atoms with E-state index in [0.717, 1.165) is 11.4 Å². The second-order valence-corrected chi connectivity index (χ2v) is 15.5. The molecule has 0 aliphatic carbocycles. The van der Waals surface area contributed by atoms with Crippen LogP contribution in [0.2, 0.25) is 0 Å². The average molecular weight is 745 g/mol. The van der Waals surface area contributed by atoms with Gasteiger partial charge in [0.2, 0.25) is 0 Å². The predicted octanol–water partition coefficient (Wildman–Crippen LogP) is 15.6. The highest BCUT2D eigenvalue weighted by molar-refractivity contribution is 7.26. The molecule has 0 saturated heterocycles. The Morgan fingerprint density at radius 1 is 0.333 bits per heavy atom. The van der Waals surface area contributed by atoms with E-state index in [-0.39, 0.29) is 0 Å². The van der Waals surface area contributed by atoms with Gasteiger partial charge in [-0.15, -0.1) is 11.3 Å². The molecule has 0 fully saturated rings. The second-order valence-electron chi connectivity index (χ2n) is 14.5. The molecule has 268 valence electrons. The molecular weight excluding hydrogens is 709 g/mol. The SMILES string of the molecule is c1ccc(-c2ccc(N(c3ccc(-c4ccccc4-c4ccccc4-n4c5ccccc5c5ccccc54)cc3)c3cccc4c3sc3ccccc34)cc2)cc1. The molecule has 0 aliphatic heterocycles. The van der Waals surface area contributed by atoms with Crippen molar-refractivity contribution in [3.8, 4) is 39.1 Å². The Bertz CT molecular complexity index is 3170. The van der Waals surface area contributed by atoms with E-state index in [1.807, 2.05) is 11.3 Å². The Kier molecular flexibility index (Phi) is 8.04. The molecule has 3 heteroatoms. The van der Waals surface area contributed by atoms with Crippen LogP contribution < -0.4 is 4.90 Å². The smallest absolute Gasteiger partial charge is 0.0640 e. The number of anilines is 3. The summed E-state index contributed by atoms with van der Waals surface area (Å²) in [6, 6.07) is 79.3. The van der Waals surface area contributed by atoms with E-state index in [9.17, 15) is 0 Å². The molecule has 11 rings (SSSR count). The third-order valence-corrected chi connectivity index (χ3v) is 12.4. The van der Waals surface area contributed by atoms with Crippen molar-refractivity contribution in [1.82, 2.24) is 4.57 Å². The summed E-state index contributed by atoms with van der Waals surface area (Å²) in [5, 5.41) is 5.10. The van der Waals surface area contributed by atoms with Crippen molar-refractivity contribution in [2.45, 2.75) is 0 Å². The number of aromatic nitrogens is 1. The molecule has 2 aromatic heterocycles. The molecule has 0 atom stereocenters. The Hall–Kier alpha value is -7.20. The molecule has 11 aromatic rings. The quantitative estimate of drug-likeness (QED) is 0.158. The summed E-state index contributed by atoms with van der Waals surface area (Å²) in [5.74, 6) is 0. The van der Waals surface area contributed by atoms with Crippen molar-refractivity contribution in [2.24, 2.45) is 0 Å². The van der Waals surface area contributed by atoms with Crippen LogP contribution in [0.1, 0.15) is 0 Å². The van der Waals surface area contributed by atoms with Crippen molar-refractivity contribution >= 4 is 70.4 Å². The van der Waals surface area contributed by atoms with E-state index in [2.05, 4.69) is 228 Å². The molecular formula is C54H36N2S. The summed E-state index contributed by atoms with van der Waals surface area (Å²) in [4.78, 5) is 2.42. The van der Waals surface area contributed by atoms with E-state index in [0.29, 0.717) is 0 Å². The summed E-state index contributed by atoms with van der Waals surface area (Å²) in [6.45, 7) is 0. The molecule has 0 saturated carbocycles. The average Bonchev–Trinajstić information content (AvgIpc) is 3.84. The highest BCUT2D eigenvalue weighted by Crippen LogP contribution is 2.46. The third-order valence-electron chi connectivity index (χ3n) is 11.2. The molecule has 0 aliphatic rings. The maximum absolute atomic E-state index is 2.43. The van der Waals surface area contributed by atoms with Gasteiger partial charge in [0, 0.05) is 43.2 Å². The Labute approximate surface area is 335 Å². The number of para-hydroxylation sites is 3. The maximum Gasteiger partial charge on any atom is 0.0640 e. The largest absolute Gasteiger partial charge is 0.309 e. The number of rotatable bonds is 7. The minimum Gasteiger partial charge on any atom is -0.309 e. The first-order valence-electron chi connectivity index (χ1n) is 19.4. The van der Waals surface area contributed by atoms with Gasteiger partial charge in [-0.3, -0.25) is 0 Å². The van der Waals surface area contributed by atoms with Gasteiger partial charge in [0.15, 0.2) is 0 Å². The van der Waals surface area contributed by atoms with Crippen LogP contribution in [-0.4, -0.2) is 4.57 Å². The van der Waals surface area contributed by atoms with Crippen molar-refractivity contribution in [2.75, 3.05) is 4.90 Å². The van der Waals surface area contributed by atoms with Gasteiger partial charge in [0.1, 0.15) is 0 Å². The summed E-state index contributed by atoms with van der Waals surface area (Å²) < 4.78 is 5.00. The molecule has 0 spiro atoms. The van der Waals surface area contributed by atoms with Gasteiger partial charge >= 0.3 is 0 Å². The molecule has 2 heterocycles. The molecule has 0 amide bonds. The summed E-state index contributed by atoms with van der Waals surface area (Å²) in [7, 11) is 0. The van der Waals surface area contributed by atoms with Gasteiger partial charge in [-0.1, -0.05) is 164 Å². The highest BCUT2D eigenvalue weighted by Gasteiger charge is 2.20. The minimum atomic E-state index is 1.11. The van der Waals surface area contributed by atoms with Crippen LogP contribution >= 0.6 is 11.3 Å². The summed E-state index contributed by atoms with van der Waals surface area (Å²) in [6.07, 6.45) is 0. The van der Waals surface area contributed by atoms with E-state index in [1.165, 1.54) is 86.7 Å². The van der Waals surface area contributed by atoms with Gasteiger partial charge in [0.05, 0.1) is 27.1 Å². The highest BCUT2D eigenvalue weighted by atomic mass is 32.1. The Morgan fingerprint density at radius 3 is 1.54 bits per heavy atom. The predicted molar refractivity (Wildman–Crippen MR) is 245 cm³/mol. The number of hydrogen-bond acceptors (Lipinski definition) is 2. The van der Waals surface area contributed by atoms with Crippen LogP contribution in [0, 0.1) is 0 Å². The lowest BCUT2D eigenvalue weighted by Gasteiger charge is -2.26. The number of nitrogens with zero attached hydrogens (tertiary/aromatic N) is 2. The first kappa shape index (κ1) is 33.2. The zero-order chi connectivity index (χ0) is 37.7. The number of thiophene rings is 1. The van der Waals surface area contributed by atoms with E-state index >= 15 is 0 Å². The topological polar surface area (TPSA) is 8.17 Å². The molecule has 57 heavy (non-hydrogen) atoms. The fourth-order valence-corrected chi connectivity index (χ4v) is 9.81. The lowest BCUT2D eigenvalue weighted by Crippen LogP contribution is -2.10. The van der Waals surface area contributed by atoms with E-state index < -0.39 is 0 Å². The van der Waals surface area contributed by atoms with Crippen molar-refractivity contribution < 1.29 is 0 Å². The van der Waals surface area contributed by atoms with E-state index in [4.69, 9.17) is 0 Å². The molecule has 2 nitrogen and oxygen atoms in total. The van der Waals surface area contributed by atoms with Gasteiger partial charge in [-0.25, -0.2) is 0 Å². The number of fused-ring (bicyclic) bond motifs is 6. The van der Waals surface area contributed by atoms with Gasteiger partial charge < -0.3 is 9.47 Å². The minimum absolute atomic E-state index is 1.11. The summed E-state index contributed by atoms with van der Waals surface area (Å²) in [5.41, 5.74) is 14.2. The second kappa shape index (κ2) is 13.8.